The number of ether oxygens (including phenoxy) is 1. The summed E-state index contributed by atoms with van der Waals surface area (Å²) in [5.41, 5.74) is 0.924. The van der Waals surface area contributed by atoms with Crippen molar-refractivity contribution in [3.05, 3.63) is 63.0 Å². The zero-order chi connectivity index (χ0) is 16.8. The summed E-state index contributed by atoms with van der Waals surface area (Å²) < 4.78 is 5.02. The van der Waals surface area contributed by atoms with E-state index < -0.39 is 22.9 Å². The van der Waals surface area contributed by atoms with Crippen LogP contribution in [-0.4, -0.2) is 22.9 Å². The van der Waals surface area contributed by atoms with Crippen LogP contribution in [-0.2, 0) is 16.1 Å². The Morgan fingerprint density at radius 3 is 2.57 bits per heavy atom. The van der Waals surface area contributed by atoms with Gasteiger partial charge in [0.1, 0.15) is 4.88 Å². The lowest BCUT2D eigenvalue weighted by atomic mass is 10.2. The van der Waals surface area contributed by atoms with Crippen molar-refractivity contribution in [3.8, 4) is 0 Å². The maximum Gasteiger partial charge on any atom is 0.349 e. The normalized spacial score (nSPS) is 11.5. The molecule has 0 fully saturated rings. The van der Waals surface area contributed by atoms with E-state index in [2.05, 4.69) is 5.32 Å². The number of hydrogen-bond acceptors (Lipinski definition) is 6. The van der Waals surface area contributed by atoms with Gasteiger partial charge >= 0.3 is 11.0 Å². The van der Waals surface area contributed by atoms with Gasteiger partial charge in [-0.2, -0.15) is 0 Å². The van der Waals surface area contributed by atoms with Crippen molar-refractivity contribution in [1.29, 1.82) is 0 Å². The Bertz CT molecular complexity index is 714. The lowest BCUT2D eigenvalue weighted by molar-refractivity contribution is -0.380. The molecule has 0 saturated heterocycles. The largest absolute Gasteiger partial charge is 0.448 e. The van der Waals surface area contributed by atoms with Crippen LogP contribution >= 0.6 is 11.3 Å². The first kappa shape index (κ1) is 16.6. The van der Waals surface area contributed by atoms with E-state index >= 15 is 0 Å². The fourth-order valence-corrected chi connectivity index (χ4v) is 2.44. The number of nitro groups is 1. The minimum Gasteiger partial charge on any atom is -0.448 e. The van der Waals surface area contributed by atoms with Crippen molar-refractivity contribution < 1.29 is 19.2 Å². The maximum absolute atomic E-state index is 11.9. The van der Waals surface area contributed by atoms with E-state index in [1.54, 1.807) is 0 Å². The first-order chi connectivity index (χ1) is 11.0. The van der Waals surface area contributed by atoms with Gasteiger partial charge in [0.25, 0.3) is 5.91 Å². The van der Waals surface area contributed by atoms with E-state index in [1.807, 2.05) is 30.3 Å². The molecule has 8 heteroatoms. The fourth-order valence-electron chi connectivity index (χ4n) is 1.74. The number of nitrogens with zero attached hydrogens (tertiary/aromatic N) is 1. The van der Waals surface area contributed by atoms with Gasteiger partial charge in [0.2, 0.25) is 0 Å². The van der Waals surface area contributed by atoms with Gasteiger partial charge in [-0.1, -0.05) is 41.7 Å². The Hall–Kier alpha value is -2.74. The highest BCUT2D eigenvalue weighted by atomic mass is 32.1. The summed E-state index contributed by atoms with van der Waals surface area (Å²) in [5.74, 6) is -1.20. The third-order valence-electron chi connectivity index (χ3n) is 2.94. The maximum atomic E-state index is 11.9. The Labute approximate surface area is 136 Å². The molecule has 0 aliphatic carbocycles. The second-order valence-electron chi connectivity index (χ2n) is 4.65. The van der Waals surface area contributed by atoms with Crippen LogP contribution < -0.4 is 5.32 Å². The second-order valence-corrected chi connectivity index (χ2v) is 5.71. The molecule has 1 amide bonds. The van der Waals surface area contributed by atoms with Gasteiger partial charge in [0, 0.05) is 12.6 Å². The molecular weight excluding hydrogens is 320 g/mol. The van der Waals surface area contributed by atoms with Crippen molar-refractivity contribution in [1.82, 2.24) is 5.32 Å². The lowest BCUT2D eigenvalue weighted by Gasteiger charge is -2.12. The van der Waals surface area contributed by atoms with Gasteiger partial charge in [-0.25, -0.2) is 4.79 Å². The highest BCUT2D eigenvalue weighted by molar-refractivity contribution is 7.17. The van der Waals surface area contributed by atoms with E-state index in [4.69, 9.17) is 4.74 Å². The monoisotopic (exact) mass is 334 g/mol. The number of carbonyl (C=O) groups excluding carboxylic acids is 2. The second kappa shape index (κ2) is 7.50. The van der Waals surface area contributed by atoms with Gasteiger partial charge in [-0.15, -0.1) is 0 Å². The Morgan fingerprint density at radius 1 is 1.26 bits per heavy atom. The smallest absolute Gasteiger partial charge is 0.349 e. The quantitative estimate of drug-likeness (QED) is 0.497. The number of benzene rings is 1. The molecule has 1 N–H and O–H groups in total. The molecule has 120 valence electrons. The number of hydrogen-bond donors (Lipinski definition) is 1. The van der Waals surface area contributed by atoms with Crippen molar-refractivity contribution >= 4 is 28.2 Å². The average Bonchev–Trinajstić information content (AvgIpc) is 3.04. The Morgan fingerprint density at radius 2 is 1.96 bits per heavy atom. The van der Waals surface area contributed by atoms with Crippen LogP contribution in [0, 0.1) is 10.1 Å². The van der Waals surface area contributed by atoms with E-state index in [-0.39, 0.29) is 9.88 Å². The molecule has 0 aliphatic rings. The van der Waals surface area contributed by atoms with Crippen LogP contribution in [0.1, 0.15) is 22.2 Å². The van der Waals surface area contributed by atoms with Crippen molar-refractivity contribution in [2.75, 3.05) is 0 Å². The molecule has 0 radical (unpaired) electrons. The van der Waals surface area contributed by atoms with Crippen molar-refractivity contribution in [2.24, 2.45) is 0 Å². The number of amides is 1. The molecule has 1 aromatic heterocycles. The van der Waals surface area contributed by atoms with E-state index in [9.17, 15) is 19.7 Å². The van der Waals surface area contributed by atoms with E-state index in [1.165, 1.54) is 19.1 Å². The van der Waals surface area contributed by atoms with E-state index in [0.717, 1.165) is 5.56 Å². The minimum atomic E-state index is -0.993. The summed E-state index contributed by atoms with van der Waals surface area (Å²) in [6, 6.07) is 11.8. The topological polar surface area (TPSA) is 98.5 Å². The number of thiophene rings is 1. The fraction of sp³-hybridized carbons (Fsp3) is 0.200. The number of esters is 1. The van der Waals surface area contributed by atoms with Crippen LogP contribution in [0.15, 0.2) is 42.5 Å². The van der Waals surface area contributed by atoms with Gasteiger partial charge in [-0.05, 0) is 18.6 Å². The van der Waals surface area contributed by atoms with Crippen LogP contribution in [0.3, 0.4) is 0 Å². The molecule has 1 heterocycles. The van der Waals surface area contributed by atoms with Crippen molar-refractivity contribution in [3.63, 3.8) is 0 Å². The summed E-state index contributed by atoms with van der Waals surface area (Å²) in [5, 5.41) is 13.1. The minimum absolute atomic E-state index is 0.0828. The predicted octanol–water partition coefficient (Wildman–Crippen LogP) is 2.52. The third-order valence-corrected chi connectivity index (χ3v) is 3.95. The molecule has 1 unspecified atom stereocenters. The first-order valence-electron chi connectivity index (χ1n) is 6.74. The standard InChI is InChI=1S/C15H14N2O5S/c1-10(14(18)16-9-11-5-3-2-4-6-11)22-15(19)12-7-8-13(23-12)17(20)21/h2-8,10H,9H2,1H3,(H,16,18). The number of rotatable bonds is 6. The zero-order valence-electron chi connectivity index (χ0n) is 12.2. The van der Waals surface area contributed by atoms with Gasteiger partial charge < -0.3 is 10.1 Å². The molecule has 23 heavy (non-hydrogen) atoms. The average molecular weight is 334 g/mol. The van der Waals surface area contributed by atoms with Crippen LogP contribution in [0.2, 0.25) is 0 Å². The zero-order valence-corrected chi connectivity index (χ0v) is 13.0. The van der Waals surface area contributed by atoms with Crippen LogP contribution in [0.4, 0.5) is 5.00 Å². The van der Waals surface area contributed by atoms with Gasteiger partial charge in [0.05, 0.1) is 4.92 Å². The molecule has 0 bridgehead atoms. The molecule has 1 aromatic carbocycles. The highest BCUT2D eigenvalue weighted by Crippen LogP contribution is 2.24. The van der Waals surface area contributed by atoms with Gasteiger partial charge in [0.15, 0.2) is 6.10 Å². The predicted molar refractivity (Wildman–Crippen MR) is 84.1 cm³/mol. The SMILES string of the molecule is CC(OC(=O)c1ccc([N+](=O)[O-])s1)C(=O)NCc1ccccc1. The molecular formula is C15H14N2O5S. The molecule has 0 spiro atoms. The molecule has 7 nitrogen and oxygen atoms in total. The van der Waals surface area contributed by atoms with E-state index in [0.29, 0.717) is 17.9 Å². The molecule has 1 atom stereocenters. The summed E-state index contributed by atoms with van der Waals surface area (Å²) in [7, 11) is 0. The third kappa shape index (κ3) is 4.62. The Kier molecular flexibility index (Phi) is 5.42. The number of carbonyl (C=O) groups is 2. The Balaban J connectivity index is 1.87. The van der Waals surface area contributed by atoms with Crippen LogP contribution in [0.25, 0.3) is 0 Å². The summed E-state index contributed by atoms with van der Waals surface area (Å²) in [6.07, 6.45) is -0.993. The van der Waals surface area contributed by atoms with Crippen LogP contribution in [0.5, 0.6) is 0 Å². The highest BCUT2D eigenvalue weighted by Gasteiger charge is 2.21. The molecule has 2 aromatic rings. The lowest BCUT2D eigenvalue weighted by Crippen LogP contribution is -2.35. The molecule has 0 aliphatic heterocycles. The van der Waals surface area contributed by atoms with Crippen molar-refractivity contribution in [2.45, 2.75) is 19.6 Å². The summed E-state index contributed by atoms with van der Waals surface area (Å²) in [4.78, 5) is 33.8. The molecule has 0 saturated carbocycles. The van der Waals surface area contributed by atoms with Gasteiger partial charge in [-0.3, -0.25) is 14.9 Å². The number of nitrogens with one attached hydrogen (secondary N) is 1. The first-order valence-corrected chi connectivity index (χ1v) is 7.56. The molecule has 2 rings (SSSR count). The summed E-state index contributed by atoms with van der Waals surface area (Å²) >= 11 is 0.708. The summed E-state index contributed by atoms with van der Waals surface area (Å²) in [6.45, 7) is 1.77.